The molecule has 1 aromatic rings. The molecular formula is C10H11FO3S. The van der Waals surface area contributed by atoms with Crippen molar-refractivity contribution in [3.05, 3.63) is 42.2 Å². The maximum Gasteiger partial charge on any atom is 0.297 e. The molecule has 0 bridgehead atoms. The van der Waals surface area contributed by atoms with Gasteiger partial charge in [0.05, 0.1) is 4.90 Å². The molecule has 0 aromatic heterocycles. The number of hydrogen-bond donors (Lipinski definition) is 0. The zero-order valence-corrected chi connectivity index (χ0v) is 9.05. The van der Waals surface area contributed by atoms with Crippen LogP contribution < -0.4 is 0 Å². The van der Waals surface area contributed by atoms with Crippen molar-refractivity contribution in [2.45, 2.75) is 11.8 Å². The second kappa shape index (κ2) is 4.55. The smallest absolute Gasteiger partial charge is 0.259 e. The van der Waals surface area contributed by atoms with Gasteiger partial charge in [-0.15, -0.1) is 0 Å². The summed E-state index contributed by atoms with van der Waals surface area (Å²) >= 11 is 0. The van der Waals surface area contributed by atoms with Gasteiger partial charge in [-0.25, -0.2) is 4.39 Å². The summed E-state index contributed by atoms with van der Waals surface area (Å²) in [5.41, 5.74) is 0.934. The zero-order valence-electron chi connectivity index (χ0n) is 8.23. The summed E-state index contributed by atoms with van der Waals surface area (Å²) in [5.74, 6) is -0.828. The lowest BCUT2D eigenvalue weighted by Crippen LogP contribution is -2.07. The molecule has 82 valence electrons. The number of aryl methyl sites for hydroxylation is 1. The minimum Gasteiger partial charge on any atom is -0.259 e. The van der Waals surface area contributed by atoms with E-state index in [-0.39, 0.29) is 4.90 Å². The third-order valence-corrected chi connectivity index (χ3v) is 2.96. The van der Waals surface area contributed by atoms with E-state index >= 15 is 0 Å². The minimum atomic E-state index is -3.87. The van der Waals surface area contributed by atoms with Crippen LogP contribution in [0.3, 0.4) is 0 Å². The molecule has 0 aliphatic rings. The van der Waals surface area contributed by atoms with Crippen molar-refractivity contribution in [2.24, 2.45) is 0 Å². The highest BCUT2D eigenvalue weighted by Crippen LogP contribution is 2.13. The Balaban J connectivity index is 2.87. The first-order chi connectivity index (χ1) is 6.92. The fraction of sp³-hybridized carbons (Fsp3) is 0.200. The summed E-state index contributed by atoms with van der Waals surface area (Å²) in [7, 11) is -3.87. The highest BCUT2D eigenvalue weighted by Gasteiger charge is 2.14. The Kier molecular flexibility index (Phi) is 3.60. The van der Waals surface area contributed by atoms with Gasteiger partial charge in [-0.1, -0.05) is 24.3 Å². The van der Waals surface area contributed by atoms with Crippen LogP contribution in [0, 0.1) is 6.92 Å². The molecule has 0 fully saturated rings. The quantitative estimate of drug-likeness (QED) is 0.744. The molecule has 0 saturated heterocycles. The molecule has 0 N–H and O–H groups in total. The minimum absolute atomic E-state index is 0.00866. The summed E-state index contributed by atoms with van der Waals surface area (Å²) < 4.78 is 39.5. The van der Waals surface area contributed by atoms with E-state index < -0.39 is 22.6 Å². The molecule has 0 aliphatic carbocycles. The molecule has 0 aliphatic heterocycles. The van der Waals surface area contributed by atoms with Crippen molar-refractivity contribution in [3.8, 4) is 0 Å². The van der Waals surface area contributed by atoms with Crippen molar-refractivity contribution in [1.29, 1.82) is 0 Å². The maximum atomic E-state index is 12.2. The van der Waals surface area contributed by atoms with Crippen molar-refractivity contribution >= 4 is 10.1 Å². The molecule has 5 heteroatoms. The topological polar surface area (TPSA) is 43.4 Å². The van der Waals surface area contributed by atoms with Crippen LogP contribution in [0.1, 0.15) is 5.56 Å². The SMILES string of the molecule is C=C(F)COS(=O)(=O)c1ccc(C)cc1. The molecule has 0 spiro atoms. The molecule has 0 heterocycles. The summed E-state index contributed by atoms with van der Waals surface area (Å²) in [5, 5.41) is 0. The fourth-order valence-corrected chi connectivity index (χ4v) is 1.80. The average Bonchev–Trinajstić information content (AvgIpc) is 2.16. The number of benzene rings is 1. The van der Waals surface area contributed by atoms with Gasteiger partial charge >= 0.3 is 0 Å². The van der Waals surface area contributed by atoms with Crippen LogP contribution in [0.25, 0.3) is 0 Å². The van der Waals surface area contributed by atoms with Crippen LogP contribution in [-0.2, 0) is 14.3 Å². The van der Waals surface area contributed by atoms with Crippen LogP contribution >= 0.6 is 0 Å². The largest absolute Gasteiger partial charge is 0.297 e. The first-order valence-electron chi connectivity index (χ1n) is 4.21. The van der Waals surface area contributed by atoms with Gasteiger partial charge in [0.2, 0.25) is 0 Å². The van der Waals surface area contributed by atoms with Gasteiger partial charge in [-0.2, -0.15) is 8.42 Å². The van der Waals surface area contributed by atoms with Gasteiger partial charge in [0, 0.05) is 0 Å². The van der Waals surface area contributed by atoms with E-state index in [9.17, 15) is 12.8 Å². The molecule has 0 saturated carbocycles. The number of halogens is 1. The van der Waals surface area contributed by atoms with Crippen LogP contribution in [0.15, 0.2) is 41.6 Å². The van der Waals surface area contributed by atoms with Crippen LogP contribution in [0.5, 0.6) is 0 Å². The van der Waals surface area contributed by atoms with E-state index in [4.69, 9.17) is 0 Å². The second-order valence-electron chi connectivity index (χ2n) is 3.05. The lowest BCUT2D eigenvalue weighted by Gasteiger charge is -2.04. The number of hydrogen-bond acceptors (Lipinski definition) is 3. The van der Waals surface area contributed by atoms with Crippen molar-refractivity contribution in [1.82, 2.24) is 0 Å². The summed E-state index contributed by atoms with van der Waals surface area (Å²) in [6, 6.07) is 6.10. The molecule has 0 radical (unpaired) electrons. The molecule has 1 aromatic carbocycles. The van der Waals surface area contributed by atoms with Crippen molar-refractivity contribution < 1.29 is 17.0 Å². The van der Waals surface area contributed by atoms with Crippen LogP contribution in [0.2, 0.25) is 0 Å². The zero-order chi connectivity index (χ0) is 11.5. The Bertz CT molecular complexity index is 448. The first-order valence-corrected chi connectivity index (χ1v) is 5.62. The Morgan fingerprint density at radius 3 is 2.40 bits per heavy atom. The Morgan fingerprint density at radius 2 is 1.93 bits per heavy atom. The van der Waals surface area contributed by atoms with Crippen molar-refractivity contribution in [2.75, 3.05) is 6.61 Å². The molecule has 0 unspecified atom stereocenters. The monoisotopic (exact) mass is 230 g/mol. The van der Waals surface area contributed by atoms with Gasteiger partial charge in [0.1, 0.15) is 12.4 Å². The summed E-state index contributed by atoms with van der Waals surface area (Å²) in [6.07, 6.45) is 0. The van der Waals surface area contributed by atoms with Crippen LogP contribution in [0.4, 0.5) is 4.39 Å². The second-order valence-corrected chi connectivity index (χ2v) is 4.66. The number of rotatable bonds is 4. The standard InChI is InChI=1S/C10H11FO3S/c1-8-3-5-10(6-4-8)15(12,13)14-7-9(2)11/h3-6H,2,7H2,1H3. The summed E-state index contributed by atoms with van der Waals surface area (Å²) in [4.78, 5) is 0.00866. The molecular weight excluding hydrogens is 219 g/mol. The molecule has 15 heavy (non-hydrogen) atoms. The third kappa shape index (κ3) is 3.45. The summed E-state index contributed by atoms with van der Waals surface area (Å²) in [6.45, 7) is 4.10. The molecule has 0 amide bonds. The van der Waals surface area contributed by atoms with E-state index in [1.54, 1.807) is 12.1 Å². The Labute approximate surface area is 88.3 Å². The van der Waals surface area contributed by atoms with E-state index in [0.717, 1.165) is 5.56 Å². The predicted octanol–water partition coefficient (Wildman–Crippen LogP) is 2.18. The Hall–Kier alpha value is -1.20. The van der Waals surface area contributed by atoms with Crippen molar-refractivity contribution in [3.63, 3.8) is 0 Å². The van der Waals surface area contributed by atoms with E-state index in [1.807, 2.05) is 6.92 Å². The third-order valence-electron chi connectivity index (χ3n) is 1.68. The van der Waals surface area contributed by atoms with E-state index in [0.29, 0.717) is 0 Å². The first kappa shape index (κ1) is 11.9. The van der Waals surface area contributed by atoms with Gasteiger partial charge in [-0.3, -0.25) is 4.18 Å². The highest BCUT2D eigenvalue weighted by atomic mass is 32.2. The fourth-order valence-electron chi connectivity index (χ4n) is 0.914. The highest BCUT2D eigenvalue weighted by molar-refractivity contribution is 7.86. The van der Waals surface area contributed by atoms with Gasteiger partial charge in [0.25, 0.3) is 10.1 Å². The Morgan fingerprint density at radius 1 is 1.40 bits per heavy atom. The lowest BCUT2D eigenvalue weighted by atomic mass is 10.2. The predicted molar refractivity (Wildman–Crippen MR) is 54.6 cm³/mol. The lowest BCUT2D eigenvalue weighted by molar-refractivity contribution is 0.320. The van der Waals surface area contributed by atoms with E-state index in [2.05, 4.69) is 10.8 Å². The van der Waals surface area contributed by atoms with Gasteiger partial charge < -0.3 is 0 Å². The van der Waals surface area contributed by atoms with E-state index in [1.165, 1.54) is 12.1 Å². The molecule has 1 rings (SSSR count). The van der Waals surface area contributed by atoms with Crippen LogP contribution in [-0.4, -0.2) is 15.0 Å². The van der Waals surface area contributed by atoms with Gasteiger partial charge in [0.15, 0.2) is 0 Å². The molecule has 0 atom stereocenters. The van der Waals surface area contributed by atoms with Gasteiger partial charge in [-0.05, 0) is 19.1 Å². The molecule has 3 nitrogen and oxygen atoms in total. The average molecular weight is 230 g/mol. The normalized spacial score (nSPS) is 11.3. The maximum absolute atomic E-state index is 12.2.